The molecule has 0 heterocycles. The second-order valence-electron chi connectivity index (χ2n) is 3.25. The molecule has 3 N–H and O–H groups in total. The largest absolute Gasteiger partial charge is 0.330 e. The molecule has 1 amide bonds. The minimum atomic E-state index is -0.208. The molecule has 82 valence electrons. The first-order valence-corrected chi connectivity index (χ1v) is 5.96. The van der Waals surface area contributed by atoms with Gasteiger partial charge in [0, 0.05) is 16.0 Å². The van der Waals surface area contributed by atoms with Gasteiger partial charge in [0.1, 0.15) is 0 Å². The topological polar surface area (TPSA) is 55.1 Å². The number of halogens is 2. The third-order valence-corrected chi connectivity index (χ3v) is 2.97. The molecule has 0 spiro atoms. The van der Waals surface area contributed by atoms with Gasteiger partial charge in [-0.1, -0.05) is 18.5 Å². The number of nitrogens with two attached hydrogens (primary N) is 1. The lowest BCUT2D eigenvalue weighted by Crippen LogP contribution is -2.26. The third kappa shape index (κ3) is 3.62. The molecule has 0 saturated carbocycles. The quantitative estimate of drug-likeness (QED) is 0.832. The van der Waals surface area contributed by atoms with Gasteiger partial charge in [0.05, 0.1) is 10.7 Å². The van der Waals surface area contributed by atoms with Gasteiger partial charge >= 0.3 is 0 Å². The van der Waals surface area contributed by atoms with Crippen LogP contribution in [0.1, 0.15) is 6.92 Å². The summed E-state index contributed by atoms with van der Waals surface area (Å²) in [7, 11) is 0. The van der Waals surface area contributed by atoms with E-state index in [0.717, 1.165) is 3.57 Å². The van der Waals surface area contributed by atoms with E-state index in [9.17, 15) is 4.79 Å². The van der Waals surface area contributed by atoms with E-state index in [0.29, 0.717) is 17.3 Å². The number of carbonyl (C=O) groups is 1. The van der Waals surface area contributed by atoms with Crippen molar-refractivity contribution in [1.29, 1.82) is 0 Å². The van der Waals surface area contributed by atoms with Crippen LogP contribution in [-0.4, -0.2) is 12.5 Å². The predicted molar refractivity (Wildman–Crippen MR) is 71.0 cm³/mol. The Morgan fingerprint density at radius 1 is 1.67 bits per heavy atom. The fraction of sp³-hybridized carbons (Fsp3) is 0.300. The van der Waals surface area contributed by atoms with Crippen molar-refractivity contribution in [2.45, 2.75) is 6.92 Å². The van der Waals surface area contributed by atoms with Crippen molar-refractivity contribution in [3.05, 3.63) is 26.8 Å². The molecule has 0 aromatic heterocycles. The Morgan fingerprint density at radius 2 is 2.33 bits per heavy atom. The Hall–Kier alpha value is -0.330. The molecule has 1 rings (SSSR count). The molecule has 1 aromatic carbocycles. The maximum atomic E-state index is 11.5. The van der Waals surface area contributed by atoms with E-state index < -0.39 is 0 Å². The second kappa shape index (κ2) is 5.67. The van der Waals surface area contributed by atoms with Crippen molar-refractivity contribution < 1.29 is 4.79 Å². The normalized spacial score (nSPS) is 12.3. The molecule has 0 aliphatic rings. The molecule has 15 heavy (non-hydrogen) atoms. The zero-order chi connectivity index (χ0) is 11.4. The first kappa shape index (κ1) is 12.7. The lowest BCUT2D eigenvalue weighted by molar-refractivity contribution is -0.119. The van der Waals surface area contributed by atoms with Crippen LogP contribution in [0.2, 0.25) is 5.02 Å². The molecule has 0 bridgehead atoms. The number of anilines is 1. The van der Waals surface area contributed by atoms with Gasteiger partial charge < -0.3 is 11.1 Å². The van der Waals surface area contributed by atoms with Crippen LogP contribution in [0.5, 0.6) is 0 Å². The summed E-state index contributed by atoms with van der Waals surface area (Å²) in [6, 6.07) is 5.46. The van der Waals surface area contributed by atoms with E-state index in [1.807, 2.05) is 6.07 Å². The fourth-order valence-corrected chi connectivity index (χ4v) is 1.86. The highest BCUT2D eigenvalue weighted by atomic mass is 127. The van der Waals surface area contributed by atoms with Crippen molar-refractivity contribution >= 4 is 45.8 Å². The molecule has 0 fully saturated rings. The maximum Gasteiger partial charge on any atom is 0.228 e. The highest BCUT2D eigenvalue weighted by Crippen LogP contribution is 2.24. The monoisotopic (exact) mass is 338 g/mol. The van der Waals surface area contributed by atoms with E-state index in [4.69, 9.17) is 17.3 Å². The molecule has 0 saturated heterocycles. The summed E-state index contributed by atoms with van der Waals surface area (Å²) in [4.78, 5) is 11.5. The molecular formula is C10H12ClIN2O. The number of benzene rings is 1. The number of hydrogen-bond acceptors (Lipinski definition) is 2. The van der Waals surface area contributed by atoms with Crippen LogP contribution in [0.15, 0.2) is 18.2 Å². The smallest absolute Gasteiger partial charge is 0.228 e. The van der Waals surface area contributed by atoms with Crippen LogP contribution >= 0.6 is 34.2 Å². The number of amides is 1. The molecule has 1 unspecified atom stereocenters. The molecule has 0 aliphatic heterocycles. The molecular weight excluding hydrogens is 326 g/mol. The first-order chi connectivity index (χ1) is 7.04. The summed E-state index contributed by atoms with van der Waals surface area (Å²) in [5.74, 6) is -0.319. The first-order valence-electron chi connectivity index (χ1n) is 4.50. The third-order valence-electron chi connectivity index (χ3n) is 1.99. The van der Waals surface area contributed by atoms with E-state index in [2.05, 4.69) is 27.9 Å². The van der Waals surface area contributed by atoms with Crippen molar-refractivity contribution in [2.24, 2.45) is 11.7 Å². The number of hydrogen-bond donors (Lipinski definition) is 2. The Balaban J connectivity index is 2.77. The van der Waals surface area contributed by atoms with Gasteiger partial charge in [-0.3, -0.25) is 4.79 Å². The van der Waals surface area contributed by atoms with E-state index >= 15 is 0 Å². The Morgan fingerprint density at radius 3 is 2.87 bits per heavy atom. The minimum absolute atomic E-state index is 0.111. The van der Waals surface area contributed by atoms with Crippen LogP contribution in [0.4, 0.5) is 5.69 Å². The highest BCUT2D eigenvalue weighted by Gasteiger charge is 2.12. The van der Waals surface area contributed by atoms with Crippen molar-refractivity contribution in [2.75, 3.05) is 11.9 Å². The van der Waals surface area contributed by atoms with Gasteiger partial charge in [0.2, 0.25) is 5.91 Å². The van der Waals surface area contributed by atoms with Gasteiger partial charge in [0.25, 0.3) is 0 Å². The molecule has 5 heteroatoms. The van der Waals surface area contributed by atoms with Crippen LogP contribution in [-0.2, 0) is 4.79 Å². The van der Waals surface area contributed by atoms with Crippen LogP contribution in [0.25, 0.3) is 0 Å². The maximum absolute atomic E-state index is 11.5. The van der Waals surface area contributed by atoms with E-state index in [1.54, 1.807) is 19.1 Å². The standard InChI is InChI=1S/C10H12ClIN2O/c1-6(5-13)10(15)14-9-3-2-7(12)4-8(9)11/h2-4,6H,5,13H2,1H3,(H,14,15). The average molecular weight is 339 g/mol. The number of carbonyl (C=O) groups excluding carboxylic acids is 1. The Labute approximate surface area is 108 Å². The zero-order valence-corrected chi connectivity index (χ0v) is 11.2. The van der Waals surface area contributed by atoms with Gasteiger partial charge in [-0.25, -0.2) is 0 Å². The molecule has 0 aliphatic carbocycles. The van der Waals surface area contributed by atoms with Crippen LogP contribution < -0.4 is 11.1 Å². The minimum Gasteiger partial charge on any atom is -0.330 e. The summed E-state index contributed by atoms with van der Waals surface area (Å²) in [6.07, 6.45) is 0. The second-order valence-corrected chi connectivity index (χ2v) is 4.90. The zero-order valence-electron chi connectivity index (χ0n) is 8.26. The van der Waals surface area contributed by atoms with E-state index in [1.165, 1.54) is 0 Å². The molecule has 1 atom stereocenters. The Bertz CT molecular complexity index is 370. The summed E-state index contributed by atoms with van der Waals surface area (Å²) in [6.45, 7) is 2.10. The molecule has 0 radical (unpaired) electrons. The SMILES string of the molecule is CC(CN)C(=O)Nc1ccc(I)cc1Cl. The van der Waals surface area contributed by atoms with Gasteiger partial charge in [0.15, 0.2) is 0 Å². The lowest BCUT2D eigenvalue weighted by atomic mass is 10.1. The fourth-order valence-electron chi connectivity index (χ4n) is 0.954. The van der Waals surface area contributed by atoms with Crippen molar-refractivity contribution in [1.82, 2.24) is 0 Å². The predicted octanol–water partition coefficient (Wildman–Crippen LogP) is 2.48. The van der Waals surface area contributed by atoms with E-state index in [-0.39, 0.29) is 11.8 Å². The number of nitrogens with one attached hydrogen (secondary N) is 1. The van der Waals surface area contributed by atoms with Crippen molar-refractivity contribution in [3.63, 3.8) is 0 Å². The molecule has 3 nitrogen and oxygen atoms in total. The summed E-state index contributed by atoms with van der Waals surface area (Å²) in [5.41, 5.74) is 6.02. The Kier molecular flexibility index (Phi) is 4.82. The van der Waals surface area contributed by atoms with Crippen molar-refractivity contribution in [3.8, 4) is 0 Å². The van der Waals surface area contributed by atoms with Crippen LogP contribution in [0.3, 0.4) is 0 Å². The summed E-state index contributed by atoms with van der Waals surface area (Å²) in [5, 5.41) is 3.28. The van der Waals surface area contributed by atoms with Gasteiger partial charge in [-0.15, -0.1) is 0 Å². The summed E-state index contributed by atoms with van der Waals surface area (Å²) >= 11 is 8.13. The lowest BCUT2D eigenvalue weighted by Gasteiger charge is -2.11. The summed E-state index contributed by atoms with van der Waals surface area (Å²) < 4.78 is 1.03. The number of rotatable bonds is 3. The average Bonchev–Trinajstić information content (AvgIpc) is 2.20. The highest BCUT2D eigenvalue weighted by molar-refractivity contribution is 14.1. The van der Waals surface area contributed by atoms with Gasteiger partial charge in [-0.2, -0.15) is 0 Å². The van der Waals surface area contributed by atoms with Gasteiger partial charge in [-0.05, 0) is 40.8 Å². The molecule has 1 aromatic rings. The van der Waals surface area contributed by atoms with Crippen LogP contribution in [0, 0.1) is 9.49 Å².